The Balaban J connectivity index is 1.45. The van der Waals surface area contributed by atoms with Crippen LogP contribution in [0, 0.1) is 5.82 Å². The summed E-state index contributed by atoms with van der Waals surface area (Å²) in [4.78, 5) is 16.9. The van der Waals surface area contributed by atoms with Gasteiger partial charge in [-0.2, -0.15) is 0 Å². The molecule has 0 aliphatic carbocycles. The minimum absolute atomic E-state index is 0.0476. The molecule has 1 aromatic heterocycles. The molecule has 26 heavy (non-hydrogen) atoms. The van der Waals surface area contributed by atoms with Crippen molar-refractivity contribution in [1.29, 1.82) is 0 Å². The van der Waals surface area contributed by atoms with Gasteiger partial charge in [0, 0.05) is 39.3 Å². The molecule has 2 heterocycles. The third-order valence-corrected chi connectivity index (χ3v) is 6.53. The Hall–Kier alpha value is -1.81. The molecule has 2 aromatic rings. The number of carbonyl (C=O) groups is 1. The molecule has 1 fully saturated rings. The summed E-state index contributed by atoms with van der Waals surface area (Å²) in [7, 11) is -3.72. The molecule has 0 atom stereocenters. The van der Waals surface area contributed by atoms with Crippen molar-refractivity contribution in [3.8, 4) is 0 Å². The van der Waals surface area contributed by atoms with Gasteiger partial charge in [0.05, 0.1) is 9.77 Å². The number of hydrogen-bond donors (Lipinski definition) is 1. The molecule has 1 aromatic carbocycles. The monoisotopic (exact) mass is 397 g/mol. The standard InChI is InChI=1S/C17H20FN3O3S2/c18-14-3-1-4-15(13-14)26(23,24)19-6-7-20-8-10-21(11-9-20)17(22)16-5-2-12-25-16/h1-5,12-13,19H,6-11H2. The number of rotatable bonds is 6. The third-order valence-electron chi connectivity index (χ3n) is 4.22. The maximum atomic E-state index is 13.2. The number of nitrogens with zero attached hydrogens (tertiary/aromatic N) is 2. The lowest BCUT2D eigenvalue weighted by atomic mass is 10.3. The quantitative estimate of drug-likeness (QED) is 0.804. The highest BCUT2D eigenvalue weighted by Crippen LogP contribution is 2.14. The minimum Gasteiger partial charge on any atom is -0.335 e. The fourth-order valence-corrected chi connectivity index (χ4v) is 4.53. The topological polar surface area (TPSA) is 69.7 Å². The van der Waals surface area contributed by atoms with E-state index >= 15 is 0 Å². The SMILES string of the molecule is O=C(c1cccs1)N1CCN(CCNS(=O)(=O)c2cccc(F)c2)CC1. The highest BCUT2D eigenvalue weighted by atomic mass is 32.2. The summed E-state index contributed by atoms with van der Waals surface area (Å²) in [5.41, 5.74) is 0. The number of hydrogen-bond acceptors (Lipinski definition) is 5. The van der Waals surface area contributed by atoms with E-state index in [-0.39, 0.29) is 17.3 Å². The summed E-state index contributed by atoms with van der Waals surface area (Å²) < 4.78 is 40.0. The molecule has 0 unspecified atom stereocenters. The maximum absolute atomic E-state index is 13.2. The van der Waals surface area contributed by atoms with E-state index in [9.17, 15) is 17.6 Å². The van der Waals surface area contributed by atoms with Gasteiger partial charge in [0.1, 0.15) is 5.82 Å². The summed E-state index contributed by atoms with van der Waals surface area (Å²) in [6.07, 6.45) is 0. The first-order chi connectivity index (χ1) is 12.5. The van der Waals surface area contributed by atoms with Gasteiger partial charge in [0.2, 0.25) is 10.0 Å². The van der Waals surface area contributed by atoms with Crippen LogP contribution in [0.25, 0.3) is 0 Å². The Morgan fingerprint density at radius 3 is 2.58 bits per heavy atom. The van der Waals surface area contributed by atoms with Crippen molar-refractivity contribution in [2.75, 3.05) is 39.3 Å². The molecule has 6 nitrogen and oxygen atoms in total. The Bertz CT molecular complexity index is 848. The van der Waals surface area contributed by atoms with E-state index in [2.05, 4.69) is 9.62 Å². The van der Waals surface area contributed by atoms with Gasteiger partial charge in [-0.15, -0.1) is 11.3 Å². The van der Waals surface area contributed by atoms with Gasteiger partial charge in [-0.05, 0) is 29.6 Å². The molecule has 0 spiro atoms. The van der Waals surface area contributed by atoms with Crippen molar-refractivity contribution in [2.24, 2.45) is 0 Å². The molecule has 0 saturated carbocycles. The normalized spacial score (nSPS) is 16.0. The van der Waals surface area contributed by atoms with Gasteiger partial charge in [0.25, 0.3) is 5.91 Å². The summed E-state index contributed by atoms with van der Waals surface area (Å²) in [6.45, 7) is 3.39. The van der Waals surface area contributed by atoms with E-state index in [1.807, 2.05) is 22.4 Å². The third kappa shape index (κ3) is 4.67. The van der Waals surface area contributed by atoms with Crippen LogP contribution in [0.4, 0.5) is 4.39 Å². The minimum atomic E-state index is -3.72. The fourth-order valence-electron chi connectivity index (χ4n) is 2.79. The van der Waals surface area contributed by atoms with Crippen LogP contribution in [-0.2, 0) is 10.0 Å². The lowest BCUT2D eigenvalue weighted by Gasteiger charge is -2.34. The highest BCUT2D eigenvalue weighted by Gasteiger charge is 2.23. The van der Waals surface area contributed by atoms with Crippen LogP contribution >= 0.6 is 11.3 Å². The predicted molar refractivity (Wildman–Crippen MR) is 98.3 cm³/mol. The Labute approximate surface area is 156 Å². The first kappa shape index (κ1) is 19.0. The summed E-state index contributed by atoms with van der Waals surface area (Å²) >= 11 is 1.43. The smallest absolute Gasteiger partial charge is 0.264 e. The lowest BCUT2D eigenvalue weighted by Crippen LogP contribution is -2.50. The zero-order valence-corrected chi connectivity index (χ0v) is 15.7. The van der Waals surface area contributed by atoms with Gasteiger partial charge >= 0.3 is 0 Å². The second-order valence-corrected chi connectivity index (χ2v) is 8.68. The number of amides is 1. The molecular weight excluding hydrogens is 377 g/mol. The van der Waals surface area contributed by atoms with Crippen LogP contribution in [0.5, 0.6) is 0 Å². The summed E-state index contributed by atoms with van der Waals surface area (Å²) in [5, 5.41) is 1.88. The van der Waals surface area contributed by atoms with Crippen molar-refractivity contribution in [1.82, 2.24) is 14.5 Å². The number of nitrogens with one attached hydrogen (secondary N) is 1. The molecule has 1 amide bonds. The predicted octanol–water partition coefficient (Wildman–Crippen LogP) is 1.62. The first-order valence-corrected chi connectivity index (χ1v) is 10.6. The zero-order chi connectivity index (χ0) is 18.6. The van der Waals surface area contributed by atoms with Gasteiger partial charge in [0.15, 0.2) is 0 Å². The van der Waals surface area contributed by atoms with Gasteiger partial charge in [-0.25, -0.2) is 17.5 Å². The van der Waals surface area contributed by atoms with Gasteiger partial charge in [-0.3, -0.25) is 9.69 Å². The second-order valence-electron chi connectivity index (χ2n) is 5.97. The Morgan fingerprint density at radius 1 is 1.15 bits per heavy atom. The van der Waals surface area contributed by atoms with E-state index in [0.29, 0.717) is 32.7 Å². The number of sulfonamides is 1. The van der Waals surface area contributed by atoms with E-state index in [4.69, 9.17) is 0 Å². The number of thiophene rings is 1. The van der Waals surface area contributed by atoms with E-state index < -0.39 is 15.8 Å². The number of benzene rings is 1. The van der Waals surface area contributed by atoms with Crippen molar-refractivity contribution >= 4 is 27.3 Å². The summed E-state index contributed by atoms with van der Waals surface area (Å²) in [5.74, 6) is -0.536. The molecule has 1 aliphatic rings. The molecule has 1 aliphatic heterocycles. The Morgan fingerprint density at radius 2 is 1.92 bits per heavy atom. The average Bonchev–Trinajstić information content (AvgIpc) is 3.16. The number of halogens is 1. The summed E-state index contributed by atoms with van der Waals surface area (Å²) in [6, 6.07) is 8.61. The lowest BCUT2D eigenvalue weighted by molar-refractivity contribution is 0.0645. The van der Waals surface area contributed by atoms with Crippen LogP contribution in [0.3, 0.4) is 0 Å². The van der Waals surface area contributed by atoms with Crippen LogP contribution in [0.15, 0.2) is 46.7 Å². The molecule has 0 bridgehead atoms. The highest BCUT2D eigenvalue weighted by molar-refractivity contribution is 7.89. The van der Waals surface area contributed by atoms with E-state index in [1.165, 1.54) is 29.5 Å². The van der Waals surface area contributed by atoms with Crippen molar-refractivity contribution < 1.29 is 17.6 Å². The van der Waals surface area contributed by atoms with Gasteiger partial charge < -0.3 is 4.90 Å². The van der Waals surface area contributed by atoms with Crippen LogP contribution < -0.4 is 4.72 Å². The van der Waals surface area contributed by atoms with Crippen LogP contribution in [0.1, 0.15) is 9.67 Å². The molecule has 0 radical (unpaired) electrons. The first-order valence-electron chi connectivity index (χ1n) is 8.26. The fraction of sp³-hybridized carbons (Fsp3) is 0.353. The molecule has 1 saturated heterocycles. The van der Waals surface area contributed by atoms with Crippen molar-refractivity contribution in [3.63, 3.8) is 0 Å². The molecule has 140 valence electrons. The van der Waals surface area contributed by atoms with Crippen molar-refractivity contribution in [3.05, 3.63) is 52.5 Å². The van der Waals surface area contributed by atoms with Gasteiger partial charge in [-0.1, -0.05) is 12.1 Å². The van der Waals surface area contributed by atoms with Crippen molar-refractivity contribution in [2.45, 2.75) is 4.90 Å². The Kier molecular flexibility index (Phi) is 6.02. The van der Waals surface area contributed by atoms with E-state index in [0.717, 1.165) is 10.9 Å². The van der Waals surface area contributed by atoms with E-state index in [1.54, 1.807) is 0 Å². The van der Waals surface area contributed by atoms with Crippen LogP contribution in [0.2, 0.25) is 0 Å². The number of piperazine rings is 1. The average molecular weight is 397 g/mol. The zero-order valence-electron chi connectivity index (χ0n) is 14.1. The van der Waals surface area contributed by atoms with Crippen LogP contribution in [-0.4, -0.2) is 63.4 Å². The molecule has 9 heteroatoms. The largest absolute Gasteiger partial charge is 0.335 e. The maximum Gasteiger partial charge on any atom is 0.264 e. The number of carbonyl (C=O) groups excluding carboxylic acids is 1. The molecular formula is C17H20FN3O3S2. The molecule has 1 N–H and O–H groups in total. The second kappa shape index (κ2) is 8.26. The molecule has 3 rings (SSSR count).